The molecule has 78 valence electrons. The quantitative estimate of drug-likeness (QED) is 0.437. The summed E-state index contributed by atoms with van der Waals surface area (Å²) in [5.41, 5.74) is 9.95. The van der Waals surface area contributed by atoms with Crippen LogP contribution in [0.15, 0.2) is 0 Å². The zero-order valence-corrected chi connectivity index (χ0v) is 7.92. The molecule has 0 heterocycles. The minimum atomic E-state index is -0.239. The van der Waals surface area contributed by atoms with Gasteiger partial charge in [0.05, 0.1) is 0 Å². The van der Waals surface area contributed by atoms with Crippen molar-refractivity contribution in [2.75, 3.05) is 0 Å². The SMILES string of the molecule is NC(=O)CCCCCCCC(N)=O.[NaH]. The van der Waals surface area contributed by atoms with Gasteiger partial charge in [0.2, 0.25) is 11.8 Å². The number of hydrogen-bond acceptors (Lipinski definition) is 2. The van der Waals surface area contributed by atoms with E-state index in [9.17, 15) is 9.59 Å². The monoisotopic (exact) mass is 210 g/mol. The topological polar surface area (TPSA) is 86.2 Å². The first kappa shape index (κ1) is 16.4. The van der Waals surface area contributed by atoms with Gasteiger partial charge in [0.15, 0.2) is 0 Å². The van der Waals surface area contributed by atoms with Gasteiger partial charge >= 0.3 is 29.6 Å². The molecule has 0 aromatic carbocycles. The Bertz CT molecular complexity index is 156. The number of primary amides is 2. The van der Waals surface area contributed by atoms with Gasteiger partial charge in [-0.05, 0) is 12.8 Å². The molecule has 0 aliphatic rings. The Morgan fingerprint density at radius 1 is 0.714 bits per heavy atom. The van der Waals surface area contributed by atoms with Crippen LogP contribution >= 0.6 is 0 Å². The molecule has 0 saturated heterocycles. The van der Waals surface area contributed by atoms with Crippen LogP contribution in [0, 0.1) is 0 Å². The van der Waals surface area contributed by atoms with E-state index >= 15 is 0 Å². The van der Waals surface area contributed by atoms with Crippen molar-refractivity contribution in [1.82, 2.24) is 0 Å². The molecule has 0 unspecified atom stereocenters. The molecule has 0 aromatic rings. The number of hydrogen-bond donors (Lipinski definition) is 2. The predicted octanol–water partition coefficient (Wildman–Crippen LogP) is 0.0392. The van der Waals surface area contributed by atoms with Gasteiger partial charge in [-0.1, -0.05) is 19.3 Å². The summed E-state index contributed by atoms with van der Waals surface area (Å²) in [6.45, 7) is 0. The molecular formula is C9H19N2NaO2. The number of amides is 2. The van der Waals surface area contributed by atoms with Gasteiger partial charge in [0.25, 0.3) is 0 Å². The second kappa shape index (κ2) is 11.0. The van der Waals surface area contributed by atoms with Crippen molar-refractivity contribution in [3.63, 3.8) is 0 Å². The molecule has 14 heavy (non-hydrogen) atoms. The van der Waals surface area contributed by atoms with E-state index in [1.54, 1.807) is 0 Å². The molecule has 4 nitrogen and oxygen atoms in total. The Hall–Kier alpha value is -0.0600. The second-order valence-corrected chi connectivity index (χ2v) is 3.20. The van der Waals surface area contributed by atoms with Gasteiger partial charge in [0, 0.05) is 12.8 Å². The first-order chi connectivity index (χ1) is 6.13. The summed E-state index contributed by atoms with van der Waals surface area (Å²) >= 11 is 0. The van der Waals surface area contributed by atoms with Crippen LogP contribution in [-0.4, -0.2) is 41.4 Å². The van der Waals surface area contributed by atoms with Crippen LogP contribution in [0.1, 0.15) is 44.9 Å². The third-order valence-electron chi connectivity index (χ3n) is 1.85. The summed E-state index contributed by atoms with van der Waals surface area (Å²) in [6.07, 6.45) is 5.69. The Labute approximate surface area is 107 Å². The fourth-order valence-corrected chi connectivity index (χ4v) is 1.13. The first-order valence-electron chi connectivity index (χ1n) is 4.69. The summed E-state index contributed by atoms with van der Waals surface area (Å²) in [5.74, 6) is -0.478. The number of carbonyl (C=O) groups excluding carboxylic acids is 2. The van der Waals surface area contributed by atoms with Crippen LogP contribution in [0.4, 0.5) is 0 Å². The van der Waals surface area contributed by atoms with Crippen molar-refractivity contribution in [3.05, 3.63) is 0 Å². The van der Waals surface area contributed by atoms with Crippen molar-refractivity contribution in [2.24, 2.45) is 11.5 Å². The molecule has 0 bridgehead atoms. The van der Waals surface area contributed by atoms with Crippen LogP contribution < -0.4 is 11.5 Å². The molecule has 0 atom stereocenters. The van der Waals surface area contributed by atoms with Crippen molar-refractivity contribution in [2.45, 2.75) is 44.9 Å². The summed E-state index contributed by atoms with van der Waals surface area (Å²) < 4.78 is 0. The molecule has 0 spiro atoms. The number of nitrogens with two attached hydrogens (primary N) is 2. The van der Waals surface area contributed by atoms with E-state index in [0.29, 0.717) is 12.8 Å². The van der Waals surface area contributed by atoms with E-state index in [-0.39, 0.29) is 41.4 Å². The van der Waals surface area contributed by atoms with Gasteiger partial charge in [0.1, 0.15) is 0 Å². The average molecular weight is 210 g/mol. The molecule has 0 aromatic heterocycles. The third kappa shape index (κ3) is 14.5. The maximum absolute atomic E-state index is 10.3. The molecule has 5 heteroatoms. The predicted molar refractivity (Wildman–Crippen MR) is 57.9 cm³/mol. The third-order valence-corrected chi connectivity index (χ3v) is 1.85. The Morgan fingerprint density at radius 3 is 1.29 bits per heavy atom. The molecule has 2 amide bonds. The summed E-state index contributed by atoms with van der Waals surface area (Å²) in [7, 11) is 0. The van der Waals surface area contributed by atoms with Crippen LogP contribution in [0.5, 0.6) is 0 Å². The zero-order valence-electron chi connectivity index (χ0n) is 7.92. The molecule has 0 saturated carbocycles. The van der Waals surface area contributed by atoms with E-state index in [1.165, 1.54) is 0 Å². The van der Waals surface area contributed by atoms with E-state index < -0.39 is 0 Å². The zero-order chi connectivity index (χ0) is 10.1. The minimum absolute atomic E-state index is 0. The van der Waals surface area contributed by atoms with Gasteiger partial charge in [-0.15, -0.1) is 0 Å². The standard InChI is InChI=1S/C9H18N2O2.Na.H/c10-8(12)6-4-2-1-3-5-7-9(11)13;;/h1-7H2,(H2,10,12)(H2,11,13);;. The molecule has 0 radical (unpaired) electrons. The van der Waals surface area contributed by atoms with Crippen LogP contribution in [0.3, 0.4) is 0 Å². The fraction of sp³-hybridized carbons (Fsp3) is 0.778. The summed E-state index contributed by atoms with van der Waals surface area (Å²) in [5, 5.41) is 0. The Balaban J connectivity index is 0. The molecule has 4 N–H and O–H groups in total. The Morgan fingerprint density at radius 2 is 1.00 bits per heavy atom. The van der Waals surface area contributed by atoms with Gasteiger partial charge in [-0.3, -0.25) is 9.59 Å². The van der Waals surface area contributed by atoms with Crippen molar-refractivity contribution in [1.29, 1.82) is 0 Å². The van der Waals surface area contributed by atoms with Crippen molar-refractivity contribution >= 4 is 41.4 Å². The van der Waals surface area contributed by atoms with E-state index in [2.05, 4.69) is 0 Å². The van der Waals surface area contributed by atoms with E-state index in [4.69, 9.17) is 11.5 Å². The summed E-state index contributed by atoms with van der Waals surface area (Å²) in [6, 6.07) is 0. The van der Waals surface area contributed by atoms with Gasteiger partial charge in [-0.2, -0.15) is 0 Å². The molecular weight excluding hydrogens is 191 g/mol. The van der Waals surface area contributed by atoms with Gasteiger partial charge in [-0.25, -0.2) is 0 Å². The number of rotatable bonds is 8. The summed E-state index contributed by atoms with van der Waals surface area (Å²) in [4.78, 5) is 20.7. The van der Waals surface area contributed by atoms with Crippen molar-refractivity contribution < 1.29 is 9.59 Å². The first-order valence-corrected chi connectivity index (χ1v) is 4.69. The Kier molecular flexibility index (Phi) is 12.9. The van der Waals surface area contributed by atoms with E-state index in [1.807, 2.05) is 0 Å². The fourth-order valence-electron chi connectivity index (χ4n) is 1.13. The van der Waals surface area contributed by atoms with Crippen molar-refractivity contribution in [3.8, 4) is 0 Å². The van der Waals surface area contributed by atoms with Crippen LogP contribution in [-0.2, 0) is 9.59 Å². The van der Waals surface area contributed by atoms with Crippen LogP contribution in [0.2, 0.25) is 0 Å². The normalized spacial score (nSPS) is 9.14. The molecule has 0 aliphatic carbocycles. The number of carbonyl (C=O) groups is 2. The number of unbranched alkanes of at least 4 members (excludes halogenated alkanes) is 4. The van der Waals surface area contributed by atoms with Gasteiger partial charge < -0.3 is 11.5 Å². The van der Waals surface area contributed by atoms with Crippen LogP contribution in [0.25, 0.3) is 0 Å². The van der Waals surface area contributed by atoms with E-state index in [0.717, 1.165) is 32.1 Å². The second-order valence-electron chi connectivity index (χ2n) is 3.20. The maximum atomic E-state index is 10.3. The average Bonchev–Trinajstić information content (AvgIpc) is 2.01. The molecule has 0 aliphatic heterocycles. The molecule has 0 rings (SSSR count). The molecule has 0 fully saturated rings.